The lowest BCUT2D eigenvalue weighted by molar-refractivity contribution is 0.122. The summed E-state index contributed by atoms with van der Waals surface area (Å²) in [6.45, 7) is 5.26. The van der Waals surface area contributed by atoms with Gasteiger partial charge in [0.25, 0.3) is 0 Å². The van der Waals surface area contributed by atoms with Crippen LogP contribution in [-0.4, -0.2) is 31.0 Å². The highest BCUT2D eigenvalue weighted by Gasteiger charge is 2.04. The molecular weight excluding hydrogens is 233 g/mol. The first-order valence-corrected chi connectivity index (χ1v) is 7.52. The number of para-hydroxylation sites is 1. The van der Waals surface area contributed by atoms with E-state index in [0.29, 0.717) is 6.61 Å². The summed E-state index contributed by atoms with van der Waals surface area (Å²) in [5.41, 5.74) is 1.22. The SMILES string of the molecule is CPNCCCc1ccccc1OCC(C)O. The molecule has 0 fully saturated rings. The van der Waals surface area contributed by atoms with Crippen LogP contribution in [0.2, 0.25) is 0 Å². The Labute approximate surface area is 105 Å². The molecule has 0 aliphatic rings. The predicted molar refractivity (Wildman–Crippen MR) is 74.2 cm³/mol. The number of rotatable bonds is 8. The molecule has 96 valence electrons. The van der Waals surface area contributed by atoms with Crippen molar-refractivity contribution in [2.24, 2.45) is 0 Å². The van der Waals surface area contributed by atoms with Crippen LogP contribution in [0, 0.1) is 0 Å². The van der Waals surface area contributed by atoms with Crippen LogP contribution < -0.4 is 9.82 Å². The van der Waals surface area contributed by atoms with Crippen molar-refractivity contribution in [3.63, 3.8) is 0 Å². The molecule has 1 aromatic rings. The van der Waals surface area contributed by atoms with Gasteiger partial charge in [0.1, 0.15) is 12.4 Å². The van der Waals surface area contributed by atoms with E-state index in [2.05, 4.69) is 17.8 Å². The second-order valence-electron chi connectivity index (χ2n) is 4.05. The van der Waals surface area contributed by atoms with Gasteiger partial charge in [-0.2, -0.15) is 0 Å². The molecule has 0 aliphatic heterocycles. The Kier molecular flexibility index (Phi) is 7.18. The van der Waals surface area contributed by atoms with Gasteiger partial charge in [0.05, 0.1) is 6.10 Å². The lowest BCUT2D eigenvalue weighted by Gasteiger charge is -2.12. The Morgan fingerprint density at radius 1 is 1.41 bits per heavy atom. The molecule has 0 aliphatic carbocycles. The maximum absolute atomic E-state index is 9.22. The summed E-state index contributed by atoms with van der Waals surface area (Å²) >= 11 is 0. The summed E-state index contributed by atoms with van der Waals surface area (Å²) < 4.78 is 5.59. The fourth-order valence-corrected chi connectivity index (χ4v) is 1.98. The highest BCUT2D eigenvalue weighted by molar-refractivity contribution is 7.34. The fraction of sp³-hybridized carbons (Fsp3) is 0.538. The van der Waals surface area contributed by atoms with E-state index in [0.717, 1.165) is 33.9 Å². The topological polar surface area (TPSA) is 41.5 Å². The lowest BCUT2D eigenvalue weighted by atomic mass is 10.1. The minimum absolute atomic E-state index is 0.353. The van der Waals surface area contributed by atoms with Gasteiger partial charge in [-0.25, -0.2) is 0 Å². The second kappa shape index (κ2) is 8.46. The van der Waals surface area contributed by atoms with E-state index in [4.69, 9.17) is 4.74 Å². The minimum Gasteiger partial charge on any atom is -0.491 e. The summed E-state index contributed by atoms with van der Waals surface area (Å²) in [5.74, 6) is 0.896. The van der Waals surface area contributed by atoms with Crippen LogP contribution in [-0.2, 0) is 6.42 Å². The molecule has 17 heavy (non-hydrogen) atoms. The first-order chi connectivity index (χ1) is 8.24. The van der Waals surface area contributed by atoms with Crippen LogP contribution in [0.3, 0.4) is 0 Å². The molecule has 3 nitrogen and oxygen atoms in total. The quantitative estimate of drug-likeness (QED) is 0.552. The third-order valence-corrected chi connectivity index (χ3v) is 2.98. The van der Waals surface area contributed by atoms with E-state index in [1.807, 2.05) is 18.2 Å². The standard InChI is InChI=1S/C13H22NO2P/c1-11(15)10-16-13-8-4-3-6-12(13)7-5-9-14-17-2/h3-4,6,8,11,14-15,17H,5,7,9-10H2,1-2H3. The van der Waals surface area contributed by atoms with Crippen molar-refractivity contribution in [1.29, 1.82) is 0 Å². The number of benzene rings is 1. The smallest absolute Gasteiger partial charge is 0.122 e. The molecule has 1 rings (SSSR count). The maximum Gasteiger partial charge on any atom is 0.122 e. The zero-order valence-electron chi connectivity index (χ0n) is 10.6. The molecule has 0 spiro atoms. The summed E-state index contributed by atoms with van der Waals surface area (Å²) in [6, 6.07) is 8.05. The highest BCUT2D eigenvalue weighted by Crippen LogP contribution is 2.19. The highest BCUT2D eigenvalue weighted by atomic mass is 31.1. The van der Waals surface area contributed by atoms with Crippen molar-refractivity contribution in [3.05, 3.63) is 29.8 Å². The monoisotopic (exact) mass is 255 g/mol. The molecule has 0 saturated carbocycles. The third-order valence-electron chi connectivity index (χ3n) is 2.38. The molecule has 2 N–H and O–H groups in total. The van der Waals surface area contributed by atoms with E-state index in [9.17, 15) is 5.11 Å². The van der Waals surface area contributed by atoms with E-state index in [1.165, 1.54) is 5.56 Å². The molecule has 0 radical (unpaired) electrons. The minimum atomic E-state index is -0.425. The number of ether oxygens (including phenoxy) is 1. The number of aryl methyl sites for hydroxylation is 1. The fourth-order valence-electron chi connectivity index (χ4n) is 1.55. The van der Waals surface area contributed by atoms with Crippen LogP contribution in [0.15, 0.2) is 24.3 Å². The first kappa shape index (κ1) is 14.4. The van der Waals surface area contributed by atoms with Crippen LogP contribution >= 0.6 is 8.73 Å². The number of aliphatic hydroxyl groups is 1. The van der Waals surface area contributed by atoms with Gasteiger partial charge in [0, 0.05) is 0 Å². The van der Waals surface area contributed by atoms with Gasteiger partial charge >= 0.3 is 0 Å². The predicted octanol–water partition coefficient (Wildman–Crippen LogP) is 2.19. The van der Waals surface area contributed by atoms with E-state index in [1.54, 1.807) is 6.92 Å². The average molecular weight is 255 g/mol. The van der Waals surface area contributed by atoms with E-state index in [-0.39, 0.29) is 0 Å². The normalized spacial score (nSPS) is 13.1. The average Bonchev–Trinajstić information content (AvgIpc) is 2.33. The molecule has 0 saturated heterocycles. The molecule has 0 bridgehead atoms. The van der Waals surface area contributed by atoms with Crippen LogP contribution in [0.25, 0.3) is 0 Å². The molecule has 4 heteroatoms. The molecule has 2 unspecified atom stereocenters. The van der Waals surface area contributed by atoms with Crippen molar-refractivity contribution in [2.45, 2.75) is 25.9 Å². The molecule has 0 amide bonds. The molecular formula is C13H22NO2P. The summed E-state index contributed by atoms with van der Waals surface area (Å²) in [6.07, 6.45) is 1.69. The Bertz CT molecular complexity index is 318. The Balaban J connectivity index is 2.46. The van der Waals surface area contributed by atoms with Crippen molar-refractivity contribution in [1.82, 2.24) is 5.09 Å². The molecule has 1 aromatic carbocycles. The molecule has 2 atom stereocenters. The van der Waals surface area contributed by atoms with Crippen molar-refractivity contribution < 1.29 is 9.84 Å². The van der Waals surface area contributed by atoms with Gasteiger partial charge in [-0.1, -0.05) is 26.9 Å². The number of nitrogens with one attached hydrogen (secondary N) is 1. The van der Waals surface area contributed by atoms with Gasteiger partial charge in [-0.05, 0) is 44.6 Å². The number of aliphatic hydroxyl groups excluding tert-OH is 1. The zero-order valence-corrected chi connectivity index (χ0v) is 11.6. The maximum atomic E-state index is 9.22. The second-order valence-corrected chi connectivity index (χ2v) is 4.90. The van der Waals surface area contributed by atoms with Crippen molar-refractivity contribution >= 4 is 8.73 Å². The van der Waals surface area contributed by atoms with Crippen LogP contribution in [0.1, 0.15) is 18.9 Å². The summed E-state index contributed by atoms with van der Waals surface area (Å²) in [5, 5.41) is 12.6. The van der Waals surface area contributed by atoms with E-state index >= 15 is 0 Å². The third kappa shape index (κ3) is 6.02. The van der Waals surface area contributed by atoms with Gasteiger partial charge in [-0.15, -0.1) is 0 Å². The number of hydrogen-bond donors (Lipinski definition) is 2. The van der Waals surface area contributed by atoms with Gasteiger partial charge in [0.2, 0.25) is 0 Å². The van der Waals surface area contributed by atoms with E-state index < -0.39 is 6.10 Å². The largest absolute Gasteiger partial charge is 0.491 e. The van der Waals surface area contributed by atoms with Crippen molar-refractivity contribution in [3.8, 4) is 5.75 Å². The molecule has 0 heterocycles. The van der Waals surface area contributed by atoms with Crippen molar-refractivity contribution in [2.75, 3.05) is 19.8 Å². The van der Waals surface area contributed by atoms with Gasteiger partial charge < -0.3 is 9.84 Å². The van der Waals surface area contributed by atoms with Crippen LogP contribution in [0.5, 0.6) is 5.75 Å². The Morgan fingerprint density at radius 3 is 2.88 bits per heavy atom. The molecule has 0 aromatic heterocycles. The summed E-state index contributed by atoms with van der Waals surface area (Å²) in [7, 11) is 0.805. The Hall–Kier alpha value is -0.630. The zero-order chi connectivity index (χ0) is 12.5. The Morgan fingerprint density at radius 2 is 2.18 bits per heavy atom. The number of hydrogen-bond acceptors (Lipinski definition) is 3. The summed E-state index contributed by atoms with van der Waals surface area (Å²) in [4.78, 5) is 0. The van der Waals surface area contributed by atoms with Crippen LogP contribution in [0.4, 0.5) is 0 Å². The van der Waals surface area contributed by atoms with Gasteiger partial charge in [0.15, 0.2) is 0 Å². The lowest BCUT2D eigenvalue weighted by Crippen LogP contribution is -2.13. The first-order valence-electron chi connectivity index (χ1n) is 6.02. The van der Waals surface area contributed by atoms with Gasteiger partial charge in [-0.3, -0.25) is 5.09 Å².